The van der Waals surface area contributed by atoms with Crippen molar-refractivity contribution in [1.29, 1.82) is 0 Å². The van der Waals surface area contributed by atoms with Gasteiger partial charge in [-0.2, -0.15) is 0 Å². The summed E-state index contributed by atoms with van der Waals surface area (Å²) in [5, 5.41) is -0.805. The van der Waals surface area contributed by atoms with Crippen LogP contribution in [0.2, 0.25) is 5.02 Å². The molecule has 1 aliphatic rings. The fourth-order valence-corrected chi connectivity index (χ4v) is 5.78. The number of rotatable bonds is 5. The van der Waals surface area contributed by atoms with Gasteiger partial charge in [-0.15, -0.1) is 0 Å². The first-order chi connectivity index (χ1) is 15.2. The molecule has 0 amide bonds. The Balaban J connectivity index is 1.76. The number of H-pyrrole nitrogens is 1. The quantitative estimate of drug-likeness (QED) is 0.579. The van der Waals surface area contributed by atoms with Gasteiger partial charge in [0.15, 0.2) is 26.5 Å². The third kappa shape index (κ3) is 4.42. The lowest BCUT2D eigenvalue weighted by molar-refractivity contribution is 0.277. The van der Waals surface area contributed by atoms with E-state index in [0.717, 1.165) is 18.2 Å². The molecule has 1 aliphatic heterocycles. The summed E-state index contributed by atoms with van der Waals surface area (Å²) in [6, 6.07) is 7.31. The van der Waals surface area contributed by atoms with Crippen molar-refractivity contribution in [3.05, 3.63) is 82.0 Å². The van der Waals surface area contributed by atoms with E-state index < -0.39 is 38.5 Å². The largest absolute Gasteiger partial charge is 0.347 e. The maximum Gasteiger partial charge on any atom is 0.200 e. The molecule has 32 heavy (non-hydrogen) atoms. The normalized spacial score (nSPS) is 16.9. The monoisotopic (exact) mass is 483 g/mol. The van der Waals surface area contributed by atoms with Crippen molar-refractivity contribution < 1.29 is 21.6 Å². The number of halogens is 4. The Morgan fingerprint density at radius 2 is 1.66 bits per heavy atom. The molecular formula is C22H21ClF3N3O2S. The van der Waals surface area contributed by atoms with Gasteiger partial charge in [0.2, 0.25) is 0 Å². The van der Waals surface area contributed by atoms with Crippen LogP contribution < -0.4 is 0 Å². The highest BCUT2D eigenvalue weighted by Crippen LogP contribution is 2.34. The van der Waals surface area contributed by atoms with E-state index in [4.69, 9.17) is 11.6 Å². The predicted molar refractivity (Wildman–Crippen MR) is 115 cm³/mol. The summed E-state index contributed by atoms with van der Waals surface area (Å²) in [4.78, 5) is 9.26. The molecule has 5 nitrogen and oxygen atoms in total. The number of aromatic amines is 1. The highest BCUT2D eigenvalue weighted by molar-refractivity contribution is 7.92. The van der Waals surface area contributed by atoms with E-state index >= 15 is 0 Å². The highest BCUT2D eigenvalue weighted by Gasteiger charge is 2.33. The zero-order chi connectivity index (χ0) is 23.0. The molecule has 3 aromatic rings. The molecule has 170 valence electrons. The number of likely N-dealkylation sites (tertiary alicyclic amines) is 1. The summed E-state index contributed by atoms with van der Waals surface area (Å²) in [6.45, 7) is 1.35. The van der Waals surface area contributed by atoms with Gasteiger partial charge in [-0.3, -0.25) is 0 Å². The van der Waals surface area contributed by atoms with Gasteiger partial charge in [-0.25, -0.2) is 26.6 Å². The summed E-state index contributed by atoms with van der Waals surface area (Å²) in [7, 11) is -1.74. The van der Waals surface area contributed by atoms with Crippen LogP contribution in [0.5, 0.6) is 0 Å². The van der Waals surface area contributed by atoms with E-state index in [1.165, 1.54) is 24.4 Å². The first-order valence-electron chi connectivity index (χ1n) is 10.0. The summed E-state index contributed by atoms with van der Waals surface area (Å²) in [6.07, 6.45) is 2.31. The Morgan fingerprint density at radius 3 is 2.28 bits per heavy atom. The summed E-state index contributed by atoms with van der Waals surface area (Å²) >= 11 is 5.94. The topological polar surface area (TPSA) is 66.1 Å². The highest BCUT2D eigenvalue weighted by atomic mass is 35.5. The van der Waals surface area contributed by atoms with Crippen LogP contribution in [0.25, 0.3) is 0 Å². The molecule has 1 aromatic heterocycles. The molecule has 2 heterocycles. The van der Waals surface area contributed by atoms with Gasteiger partial charge in [0.05, 0.1) is 16.2 Å². The SMILES string of the molecule is CN1CCC(S(=O)(=O)c2c[nH]c(C(c3ccc(F)c(F)c3)c3ccc(F)c(Cl)c3)n2)CC1. The Bertz CT molecular complexity index is 1190. The average molecular weight is 484 g/mol. The van der Waals surface area contributed by atoms with Gasteiger partial charge in [-0.1, -0.05) is 23.7 Å². The van der Waals surface area contributed by atoms with Crippen LogP contribution in [-0.4, -0.2) is 48.7 Å². The Kier molecular flexibility index (Phi) is 6.33. The lowest BCUT2D eigenvalue weighted by Crippen LogP contribution is -2.37. The average Bonchev–Trinajstić information content (AvgIpc) is 3.24. The number of hydrogen-bond donors (Lipinski definition) is 1. The van der Waals surface area contributed by atoms with Gasteiger partial charge in [0.1, 0.15) is 11.6 Å². The lowest BCUT2D eigenvalue weighted by Gasteiger charge is -2.28. The Labute approximate surface area is 189 Å². The van der Waals surface area contributed by atoms with Crippen molar-refractivity contribution >= 4 is 21.4 Å². The smallest absolute Gasteiger partial charge is 0.200 e. The van der Waals surface area contributed by atoms with Crippen LogP contribution in [-0.2, 0) is 9.84 Å². The lowest BCUT2D eigenvalue weighted by atomic mass is 9.90. The number of sulfone groups is 1. The number of aromatic nitrogens is 2. The molecule has 10 heteroatoms. The molecule has 0 bridgehead atoms. The van der Waals surface area contributed by atoms with Crippen molar-refractivity contribution in [2.75, 3.05) is 20.1 Å². The number of hydrogen-bond acceptors (Lipinski definition) is 4. The maximum atomic E-state index is 14.0. The predicted octanol–water partition coefficient (Wildman–Crippen LogP) is 4.53. The van der Waals surface area contributed by atoms with E-state index in [1.54, 1.807) is 0 Å². The van der Waals surface area contributed by atoms with Gasteiger partial charge >= 0.3 is 0 Å². The first kappa shape index (κ1) is 22.8. The molecule has 1 saturated heterocycles. The van der Waals surface area contributed by atoms with Crippen LogP contribution in [0.1, 0.15) is 35.7 Å². The van der Waals surface area contributed by atoms with E-state index in [0.29, 0.717) is 37.1 Å². The van der Waals surface area contributed by atoms with E-state index in [9.17, 15) is 21.6 Å². The van der Waals surface area contributed by atoms with E-state index in [-0.39, 0.29) is 15.9 Å². The summed E-state index contributed by atoms with van der Waals surface area (Å²) in [5.74, 6) is -3.33. The summed E-state index contributed by atoms with van der Waals surface area (Å²) < 4.78 is 67.5. The molecule has 1 atom stereocenters. The second-order valence-corrected chi connectivity index (χ2v) is 10.5. The standard InChI is InChI=1S/C22H21ClF3N3O2S/c1-29-8-6-15(7-9-29)32(30,31)20-12-27-22(28-20)21(13-2-4-17(24)16(23)10-13)14-3-5-18(25)19(26)11-14/h2-5,10-12,15,21H,6-9H2,1H3,(H,27,28). The fraction of sp³-hybridized carbons (Fsp3) is 0.318. The van der Waals surface area contributed by atoms with Gasteiger partial charge in [-0.05, 0) is 68.4 Å². The van der Waals surface area contributed by atoms with Crippen molar-refractivity contribution in [2.24, 2.45) is 0 Å². The zero-order valence-corrected chi connectivity index (χ0v) is 18.7. The van der Waals surface area contributed by atoms with Crippen molar-refractivity contribution in [3.8, 4) is 0 Å². The van der Waals surface area contributed by atoms with E-state index in [2.05, 4.69) is 14.9 Å². The first-order valence-corrected chi connectivity index (χ1v) is 12.0. The molecule has 4 rings (SSSR count). The second-order valence-electron chi connectivity index (χ2n) is 7.95. The molecule has 0 spiro atoms. The maximum absolute atomic E-state index is 14.0. The third-order valence-electron chi connectivity index (χ3n) is 5.80. The van der Waals surface area contributed by atoms with Crippen LogP contribution in [0.4, 0.5) is 13.2 Å². The number of benzene rings is 2. The number of imidazole rings is 1. The molecule has 0 radical (unpaired) electrons. The van der Waals surface area contributed by atoms with Crippen molar-refractivity contribution in [3.63, 3.8) is 0 Å². The van der Waals surface area contributed by atoms with Gasteiger partial charge in [0.25, 0.3) is 0 Å². The van der Waals surface area contributed by atoms with Crippen molar-refractivity contribution in [2.45, 2.75) is 29.0 Å². The minimum Gasteiger partial charge on any atom is -0.347 e. The molecule has 2 aromatic carbocycles. The number of nitrogens with one attached hydrogen (secondary N) is 1. The van der Waals surface area contributed by atoms with Crippen LogP contribution in [0, 0.1) is 17.5 Å². The molecule has 0 saturated carbocycles. The number of nitrogens with zero attached hydrogens (tertiary/aromatic N) is 2. The Morgan fingerprint density at radius 1 is 1.03 bits per heavy atom. The minimum absolute atomic E-state index is 0.108. The molecule has 1 N–H and O–H groups in total. The third-order valence-corrected chi connectivity index (χ3v) is 8.23. The minimum atomic E-state index is -3.68. The second kappa shape index (κ2) is 8.88. The van der Waals surface area contributed by atoms with Crippen LogP contribution in [0.3, 0.4) is 0 Å². The Hall–Kier alpha value is -2.36. The van der Waals surface area contributed by atoms with E-state index in [1.807, 2.05) is 7.05 Å². The molecule has 1 fully saturated rings. The van der Waals surface area contributed by atoms with Crippen molar-refractivity contribution in [1.82, 2.24) is 14.9 Å². The zero-order valence-electron chi connectivity index (χ0n) is 17.2. The molecular weight excluding hydrogens is 463 g/mol. The summed E-state index contributed by atoms with van der Waals surface area (Å²) in [5.41, 5.74) is 0.754. The fourth-order valence-electron chi connectivity index (χ4n) is 3.97. The van der Waals surface area contributed by atoms with Gasteiger partial charge < -0.3 is 9.88 Å². The molecule has 1 unspecified atom stereocenters. The molecule has 0 aliphatic carbocycles. The number of piperidine rings is 1. The van der Waals surface area contributed by atoms with Crippen LogP contribution >= 0.6 is 11.6 Å². The van der Waals surface area contributed by atoms with Crippen LogP contribution in [0.15, 0.2) is 47.6 Å². The van der Waals surface area contributed by atoms with Gasteiger partial charge in [0, 0.05) is 6.20 Å².